The van der Waals surface area contributed by atoms with Gasteiger partial charge in [-0.25, -0.2) is 4.79 Å². The van der Waals surface area contributed by atoms with E-state index in [0.29, 0.717) is 0 Å². The maximum absolute atomic E-state index is 14.2. The molecule has 0 amide bonds. The lowest BCUT2D eigenvalue weighted by molar-refractivity contribution is -0.264. The summed E-state index contributed by atoms with van der Waals surface area (Å²) in [6.45, 7) is 11.5. The van der Waals surface area contributed by atoms with Crippen molar-refractivity contribution < 1.29 is 81.7 Å². The van der Waals surface area contributed by atoms with Crippen molar-refractivity contribution in [2.24, 2.45) is 17.3 Å². The molecular weight excluding hydrogens is 740 g/mol. The molecule has 17 heteroatoms. The molecule has 308 valence electrons. The van der Waals surface area contributed by atoms with Crippen LogP contribution in [-0.4, -0.2) is 118 Å². The van der Waals surface area contributed by atoms with Crippen molar-refractivity contribution in [3.8, 4) is 0 Å². The molecule has 1 aromatic rings. The summed E-state index contributed by atoms with van der Waals surface area (Å²) in [7, 11) is 0. The molecule has 0 aromatic heterocycles. The maximum atomic E-state index is 14.2. The predicted octanol–water partition coefficient (Wildman–Crippen LogP) is 1.89. The van der Waals surface area contributed by atoms with Gasteiger partial charge < -0.3 is 48.1 Å². The number of epoxide rings is 1. The van der Waals surface area contributed by atoms with E-state index in [1.54, 1.807) is 26.8 Å². The molecule has 4 fully saturated rings. The lowest BCUT2D eigenvalue weighted by Gasteiger charge is -2.52. The average Bonchev–Trinajstić information content (AvgIpc) is 3.86. The third kappa shape index (κ3) is 7.98. The summed E-state index contributed by atoms with van der Waals surface area (Å²) in [5.74, 6) is -9.45. The van der Waals surface area contributed by atoms with Crippen molar-refractivity contribution in [1.29, 1.82) is 0 Å². The summed E-state index contributed by atoms with van der Waals surface area (Å²) in [5.41, 5.74) is -8.68. The van der Waals surface area contributed by atoms with E-state index < -0.39 is 144 Å². The van der Waals surface area contributed by atoms with Gasteiger partial charge in [-0.15, -0.1) is 0 Å². The molecule has 2 saturated heterocycles. The normalized spacial score (nSPS) is 38.6. The first kappa shape index (κ1) is 42.5. The van der Waals surface area contributed by atoms with Crippen LogP contribution >= 0.6 is 0 Å². The molecule has 2 aliphatic carbocycles. The zero-order valence-electron chi connectivity index (χ0n) is 32.8. The number of fused-ring (bicyclic) bond motifs is 2. The molecule has 5 rings (SSSR count). The van der Waals surface area contributed by atoms with Crippen LogP contribution in [0.25, 0.3) is 0 Å². The van der Waals surface area contributed by atoms with Crippen LogP contribution in [0, 0.1) is 17.3 Å². The number of hydrogen-bond acceptors (Lipinski definition) is 17. The van der Waals surface area contributed by atoms with Gasteiger partial charge in [-0.05, 0) is 25.5 Å². The predicted molar refractivity (Wildman–Crippen MR) is 187 cm³/mol. The van der Waals surface area contributed by atoms with Crippen LogP contribution in [0.3, 0.4) is 0 Å². The lowest BCUT2D eigenvalue weighted by atomic mass is 9.65. The summed E-state index contributed by atoms with van der Waals surface area (Å²) >= 11 is 0. The summed E-state index contributed by atoms with van der Waals surface area (Å²) in [5, 5.41) is 26.8. The molecule has 4 aliphatic rings. The molecule has 2 heterocycles. The van der Waals surface area contributed by atoms with Crippen LogP contribution in [0.4, 0.5) is 0 Å². The first-order chi connectivity index (χ1) is 26.0. The van der Waals surface area contributed by atoms with Crippen molar-refractivity contribution in [2.45, 2.75) is 147 Å². The molecular formula is C39H50O17. The highest BCUT2D eigenvalue weighted by atomic mass is 16.6. The average molecular weight is 791 g/mol. The number of rotatable bonds is 7. The van der Waals surface area contributed by atoms with E-state index in [-0.39, 0.29) is 5.56 Å². The molecule has 1 aromatic carbocycles. The summed E-state index contributed by atoms with van der Waals surface area (Å²) in [6.07, 6.45) is -14.8. The van der Waals surface area contributed by atoms with Crippen LogP contribution in [0.1, 0.15) is 91.9 Å². The Kier molecular flexibility index (Phi) is 11.7. The van der Waals surface area contributed by atoms with Crippen LogP contribution in [0.2, 0.25) is 0 Å². The largest absolute Gasteiger partial charge is 0.459 e. The van der Waals surface area contributed by atoms with Gasteiger partial charge in [0.1, 0.15) is 29.0 Å². The fourth-order valence-corrected chi connectivity index (χ4v) is 9.17. The molecule has 17 nitrogen and oxygen atoms in total. The zero-order valence-corrected chi connectivity index (χ0v) is 32.8. The quantitative estimate of drug-likeness (QED) is 0.228. The first-order valence-electron chi connectivity index (χ1n) is 18.4. The number of ether oxygens (including phenoxy) is 8. The third-order valence-corrected chi connectivity index (χ3v) is 11.3. The fourth-order valence-electron chi connectivity index (χ4n) is 9.17. The second-order valence-electron chi connectivity index (χ2n) is 16.1. The molecule has 0 radical (unpaired) electrons. The maximum Gasteiger partial charge on any atom is 0.338 e. The Hall–Kier alpha value is -4.61. The summed E-state index contributed by atoms with van der Waals surface area (Å²) in [4.78, 5) is 92.6. The molecule has 0 spiro atoms. The molecule has 56 heavy (non-hydrogen) atoms. The van der Waals surface area contributed by atoms with Gasteiger partial charge in [-0.1, -0.05) is 39.0 Å². The van der Waals surface area contributed by atoms with Gasteiger partial charge in [-0.3, -0.25) is 28.8 Å². The van der Waals surface area contributed by atoms with E-state index in [1.807, 2.05) is 0 Å². The van der Waals surface area contributed by atoms with Gasteiger partial charge in [0.05, 0.1) is 23.7 Å². The Bertz CT molecular complexity index is 1740. The van der Waals surface area contributed by atoms with E-state index >= 15 is 0 Å². The van der Waals surface area contributed by atoms with Gasteiger partial charge in [0.15, 0.2) is 24.4 Å². The Morgan fingerprint density at radius 2 is 1.25 bits per heavy atom. The summed E-state index contributed by atoms with van der Waals surface area (Å²) in [6, 6.07) is 7.52. The van der Waals surface area contributed by atoms with Gasteiger partial charge in [0.2, 0.25) is 0 Å². The standard InChI is InChI=1S/C39H50O17/c1-18-27-32(54-27)36(7,8)33(51-21(4)42)28(49-19(2)40)34(52-22(5)43)38(47)16-15-25(45)53-30-26(31(38)55-35(46)24-13-11-10-12-14-24)39(48,29(18)50-20(3)41)17-37(30,9)56-23(6)44/h10-14,18,26-34,47-48H,15-17H2,1-9H3/t18-,26+,27-,28-,29-,30+,31+,32-,33+,34+,37+,38-,39+/m0/s1. The van der Waals surface area contributed by atoms with E-state index in [0.717, 1.165) is 34.6 Å². The first-order valence-corrected chi connectivity index (χ1v) is 18.4. The fraction of sp³-hybridized carbons (Fsp3) is 0.667. The number of hydrogen-bond donors (Lipinski definition) is 2. The number of carbonyl (C=O) groups is 7. The van der Waals surface area contributed by atoms with Crippen LogP contribution in [-0.2, 0) is 66.7 Å². The molecule has 2 N–H and O–H groups in total. The third-order valence-electron chi connectivity index (χ3n) is 11.3. The van der Waals surface area contributed by atoms with Crippen LogP contribution < -0.4 is 0 Å². The van der Waals surface area contributed by atoms with Gasteiger partial charge >= 0.3 is 41.8 Å². The monoisotopic (exact) mass is 790 g/mol. The molecule has 2 saturated carbocycles. The van der Waals surface area contributed by atoms with Crippen molar-refractivity contribution >= 4 is 41.8 Å². The SMILES string of the molecule is CC(=O)O[C@H]1[C@@H](OC(C)=O)C(C)(C)[C@H]2O[C@H]2[C@H](C)[C@H](OC(C)=O)[C@@]2(O)C[C@@](C)(OC(C)=O)[C@@H]3OC(=O)CC[C@@](O)([C@@H]1OC(C)=O)[C@H](OC(=O)c1ccccc1)[C@@H]32. The highest BCUT2D eigenvalue weighted by Gasteiger charge is 2.76. The van der Waals surface area contributed by atoms with Crippen LogP contribution in [0.5, 0.6) is 0 Å². The molecule has 0 unspecified atom stereocenters. The van der Waals surface area contributed by atoms with Crippen molar-refractivity contribution in [3.05, 3.63) is 35.9 Å². The van der Waals surface area contributed by atoms with E-state index in [9.17, 15) is 43.8 Å². The van der Waals surface area contributed by atoms with Gasteiger partial charge in [0, 0.05) is 58.8 Å². The van der Waals surface area contributed by atoms with Crippen molar-refractivity contribution in [1.82, 2.24) is 0 Å². The van der Waals surface area contributed by atoms with E-state index in [2.05, 4.69) is 0 Å². The Balaban J connectivity index is 1.93. The van der Waals surface area contributed by atoms with E-state index in [4.69, 9.17) is 37.9 Å². The second-order valence-corrected chi connectivity index (χ2v) is 16.1. The number of aliphatic hydroxyl groups is 2. The molecule has 2 aliphatic heterocycles. The number of benzene rings is 1. The zero-order chi connectivity index (χ0) is 41.7. The Morgan fingerprint density at radius 1 is 0.696 bits per heavy atom. The lowest BCUT2D eigenvalue weighted by Crippen LogP contribution is -2.71. The minimum absolute atomic E-state index is 0.0329. The van der Waals surface area contributed by atoms with Crippen molar-refractivity contribution in [3.63, 3.8) is 0 Å². The smallest absolute Gasteiger partial charge is 0.338 e. The Labute approximate surface area is 323 Å². The number of carbonyl (C=O) groups excluding carboxylic acids is 7. The van der Waals surface area contributed by atoms with Gasteiger partial charge in [0.25, 0.3) is 0 Å². The highest BCUT2D eigenvalue weighted by molar-refractivity contribution is 5.89. The molecule has 2 bridgehead atoms. The minimum Gasteiger partial charge on any atom is -0.459 e. The minimum atomic E-state index is -2.84. The second kappa shape index (κ2) is 15.4. The van der Waals surface area contributed by atoms with Crippen LogP contribution in [0.15, 0.2) is 30.3 Å². The van der Waals surface area contributed by atoms with E-state index in [1.165, 1.54) is 31.2 Å². The molecule has 13 atom stereocenters. The van der Waals surface area contributed by atoms with Crippen molar-refractivity contribution in [2.75, 3.05) is 0 Å². The number of esters is 7. The Morgan fingerprint density at radius 3 is 1.80 bits per heavy atom. The highest BCUT2D eigenvalue weighted by Crippen LogP contribution is 2.58. The topological polar surface area (TPSA) is 237 Å². The summed E-state index contributed by atoms with van der Waals surface area (Å²) < 4.78 is 47.7. The van der Waals surface area contributed by atoms with Gasteiger partial charge in [-0.2, -0.15) is 0 Å².